The molecule has 98 valence electrons. The molecule has 0 fully saturated rings. The second-order valence-corrected chi connectivity index (χ2v) is 4.39. The van der Waals surface area contributed by atoms with Gasteiger partial charge in [-0.05, 0) is 29.2 Å². The van der Waals surface area contributed by atoms with Gasteiger partial charge in [0.2, 0.25) is 0 Å². The predicted molar refractivity (Wildman–Crippen MR) is 73.3 cm³/mol. The molecule has 1 atom stereocenters. The molecule has 0 bridgehead atoms. The summed E-state index contributed by atoms with van der Waals surface area (Å²) in [6, 6.07) is 14.1. The first-order valence-corrected chi connectivity index (χ1v) is 6.22. The van der Waals surface area contributed by atoms with Gasteiger partial charge in [-0.25, -0.2) is 4.79 Å². The van der Waals surface area contributed by atoms with E-state index in [1.54, 1.807) is 18.2 Å². The molecule has 0 heterocycles. The lowest BCUT2D eigenvalue weighted by molar-refractivity contribution is 0.0691. The molecule has 0 saturated carbocycles. The average Bonchev–Trinajstić information content (AvgIpc) is 2.46. The van der Waals surface area contributed by atoms with Gasteiger partial charge in [-0.15, -0.1) is 0 Å². The van der Waals surface area contributed by atoms with E-state index in [0.717, 1.165) is 6.42 Å². The van der Waals surface area contributed by atoms with E-state index in [9.17, 15) is 9.90 Å². The second kappa shape index (κ2) is 5.67. The number of aryl methyl sites for hydroxylation is 1. The number of aliphatic hydroxyl groups excluding tert-OH is 1. The molecule has 0 radical (unpaired) electrons. The number of carbonyl (C=O) groups is 1. The van der Waals surface area contributed by atoms with Crippen LogP contribution in [0, 0.1) is 0 Å². The maximum atomic E-state index is 11.1. The molecule has 2 rings (SSSR count). The first kappa shape index (κ1) is 13.3. The number of hydrogen-bond donors (Lipinski definition) is 2. The van der Waals surface area contributed by atoms with Crippen LogP contribution >= 0.6 is 0 Å². The van der Waals surface area contributed by atoms with Crippen molar-refractivity contribution in [2.75, 3.05) is 0 Å². The molecule has 0 aliphatic rings. The van der Waals surface area contributed by atoms with E-state index in [1.807, 2.05) is 24.3 Å². The summed E-state index contributed by atoms with van der Waals surface area (Å²) in [5.41, 5.74) is 2.43. The van der Waals surface area contributed by atoms with E-state index in [0.29, 0.717) is 11.1 Å². The number of aliphatic hydroxyl groups is 1. The summed E-state index contributed by atoms with van der Waals surface area (Å²) in [4.78, 5) is 11.1. The lowest BCUT2D eigenvalue weighted by Crippen LogP contribution is -2.08. The third-order valence-electron chi connectivity index (χ3n) is 3.19. The fourth-order valence-electron chi connectivity index (χ4n) is 2.05. The molecule has 2 aromatic carbocycles. The van der Waals surface area contributed by atoms with Crippen molar-refractivity contribution in [3.8, 4) is 0 Å². The Balaban J connectivity index is 2.37. The van der Waals surface area contributed by atoms with Crippen molar-refractivity contribution >= 4 is 5.97 Å². The molecule has 0 amide bonds. The number of carboxylic acid groups (broad SMARTS) is 1. The van der Waals surface area contributed by atoms with E-state index in [1.165, 1.54) is 11.6 Å². The molecular weight excluding hydrogens is 240 g/mol. The zero-order chi connectivity index (χ0) is 13.8. The fourth-order valence-corrected chi connectivity index (χ4v) is 2.05. The Morgan fingerprint density at radius 3 is 2.32 bits per heavy atom. The molecule has 3 heteroatoms. The minimum Gasteiger partial charge on any atom is -0.478 e. The topological polar surface area (TPSA) is 57.5 Å². The highest BCUT2D eigenvalue weighted by Gasteiger charge is 2.17. The lowest BCUT2D eigenvalue weighted by Gasteiger charge is -2.14. The van der Waals surface area contributed by atoms with Crippen molar-refractivity contribution in [1.82, 2.24) is 0 Å². The summed E-state index contributed by atoms with van der Waals surface area (Å²) < 4.78 is 0. The Morgan fingerprint density at radius 2 is 1.74 bits per heavy atom. The average molecular weight is 256 g/mol. The molecule has 2 aromatic rings. The van der Waals surface area contributed by atoms with Crippen molar-refractivity contribution in [2.45, 2.75) is 19.4 Å². The molecule has 0 aliphatic carbocycles. The smallest absolute Gasteiger partial charge is 0.336 e. The summed E-state index contributed by atoms with van der Waals surface area (Å²) in [5.74, 6) is -1.03. The Bertz CT molecular complexity index is 573. The molecule has 0 aliphatic heterocycles. The zero-order valence-corrected chi connectivity index (χ0v) is 10.7. The van der Waals surface area contributed by atoms with Crippen LogP contribution in [0.3, 0.4) is 0 Å². The van der Waals surface area contributed by atoms with Crippen LogP contribution in [0.25, 0.3) is 0 Å². The molecule has 19 heavy (non-hydrogen) atoms. The van der Waals surface area contributed by atoms with Crippen LogP contribution in [0.5, 0.6) is 0 Å². The van der Waals surface area contributed by atoms with Crippen molar-refractivity contribution in [3.63, 3.8) is 0 Å². The van der Waals surface area contributed by atoms with E-state index >= 15 is 0 Å². The Hall–Kier alpha value is -2.13. The van der Waals surface area contributed by atoms with Gasteiger partial charge in [-0.1, -0.05) is 49.4 Å². The zero-order valence-electron chi connectivity index (χ0n) is 10.7. The van der Waals surface area contributed by atoms with Gasteiger partial charge < -0.3 is 10.2 Å². The van der Waals surface area contributed by atoms with Crippen LogP contribution in [0.1, 0.15) is 40.1 Å². The van der Waals surface area contributed by atoms with Gasteiger partial charge in [-0.2, -0.15) is 0 Å². The van der Waals surface area contributed by atoms with Crippen LogP contribution in [-0.2, 0) is 6.42 Å². The van der Waals surface area contributed by atoms with E-state index in [2.05, 4.69) is 6.92 Å². The van der Waals surface area contributed by atoms with Crippen LogP contribution < -0.4 is 0 Å². The Kier molecular flexibility index (Phi) is 3.97. The number of carboxylic acids is 1. The minimum atomic E-state index is -1.03. The second-order valence-electron chi connectivity index (χ2n) is 4.39. The van der Waals surface area contributed by atoms with Gasteiger partial charge in [0, 0.05) is 0 Å². The highest BCUT2D eigenvalue weighted by atomic mass is 16.4. The summed E-state index contributed by atoms with van der Waals surface area (Å²) in [6.45, 7) is 2.06. The van der Waals surface area contributed by atoms with Gasteiger partial charge in [-0.3, -0.25) is 0 Å². The highest BCUT2D eigenvalue weighted by Crippen LogP contribution is 2.25. The molecule has 0 saturated heterocycles. The molecule has 0 spiro atoms. The summed E-state index contributed by atoms with van der Waals surface area (Å²) in [7, 11) is 0. The molecule has 1 unspecified atom stereocenters. The first-order chi connectivity index (χ1) is 9.13. The number of aromatic carboxylic acids is 1. The monoisotopic (exact) mass is 256 g/mol. The van der Waals surface area contributed by atoms with Crippen molar-refractivity contribution in [2.24, 2.45) is 0 Å². The third-order valence-corrected chi connectivity index (χ3v) is 3.19. The van der Waals surface area contributed by atoms with Crippen LogP contribution in [-0.4, -0.2) is 16.2 Å². The highest BCUT2D eigenvalue weighted by molar-refractivity contribution is 5.89. The van der Waals surface area contributed by atoms with Crippen molar-refractivity contribution in [1.29, 1.82) is 0 Å². The standard InChI is InChI=1S/C16H16O3/c1-2-11-7-9-12(10-8-11)15(17)13-5-3-4-6-14(13)16(18)19/h3-10,15,17H,2H2,1H3,(H,18,19). The largest absolute Gasteiger partial charge is 0.478 e. The van der Waals surface area contributed by atoms with Gasteiger partial charge >= 0.3 is 5.97 Å². The summed E-state index contributed by atoms with van der Waals surface area (Å²) >= 11 is 0. The molecule has 2 N–H and O–H groups in total. The quantitative estimate of drug-likeness (QED) is 0.884. The van der Waals surface area contributed by atoms with Crippen LogP contribution in [0.4, 0.5) is 0 Å². The summed E-state index contributed by atoms with van der Waals surface area (Å²) in [5, 5.41) is 19.5. The molecule has 0 aromatic heterocycles. The Morgan fingerprint density at radius 1 is 1.11 bits per heavy atom. The van der Waals surface area contributed by atoms with Gasteiger partial charge in [0.15, 0.2) is 0 Å². The number of rotatable bonds is 4. The SMILES string of the molecule is CCc1ccc(C(O)c2ccccc2C(=O)O)cc1. The fraction of sp³-hybridized carbons (Fsp3) is 0.188. The van der Waals surface area contributed by atoms with Crippen molar-refractivity contribution in [3.05, 3.63) is 70.8 Å². The van der Waals surface area contributed by atoms with Crippen LogP contribution in [0.15, 0.2) is 48.5 Å². The normalized spacial score (nSPS) is 12.1. The van der Waals surface area contributed by atoms with Gasteiger partial charge in [0.1, 0.15) is 6.10 Å². The van der Waals surface area contributed by atoms with E-state index in [4.69, 9.17) is 5.11 Å². The first-order valence-electron chi connectivity index (χ1n) is 6.22. The Labute approximate surface area is 112 Å². The van der Waals surface area contributed by atoms with Crippen LogP contribution in [0.2, 0.25) is 0 Å². The lowest BCUT2D eigenvalue weighted by atomic mass is 9.96. The maximum absolute atomic E-state index is 11.1. The summed E-state index contributed by atoms with van der Waals surface area (Å²) in [6.07, 6.45) is 0.0143. The maximum Gasteiger partial charge on any atom is 0.336 e. The van der Waals surface area contributed by atoms with E-state index in [-0.39, 0.29) is 5.56 Å². The number of hydrogen-bond acceptors (Lipinski definition) is 2. The predicted octanol–water partition coefficient (Wildman–Crippen LogP) is 3.03. The molecule has 3 nitrogen and oxygen atoms in total. The van der Waals surface area contributed by atoms with E-state index < -0.39 is 12.1 Å². The minimum absolute atomic E-state index is 0.134. The molecular formula is C16H16O3. The van der Waals surface area contributed by atoms with Crippen molar-refractivity contribution < 1.29 is 15.0 Å². The van der Waals surface area contributed by atoms with Gasteiger partial charge in [0.05, 0.1) is 5.56 Å². The number of benzene rings is 2. The third kappa shape index (κ3) is 2.83. The van der Waals surface area contributed by atoms with Gasteiger partial charge in [0.25, 0.3) is 0 Å².